The summed E-state index contributed by atoms with van der Waals surface area (Å²) in [5.74, 6) is -0.00304. The van der Waals surface area contributed by atoms with Crippen molar-refractivity contribution in [3.63, 3.8) is 0 Å². The van der Waals surface area contributed by atoms with Crippen molar-refractivity contribution in [2.45, 2.75) is 32.2 Å². The summed E-state index contributed by atoms with van der Waals surface area (Å²) in [5.41, 5.74) is 4.86. The molecule has 0 aliphatic heterocycles. The Morgan fingerprint density at radius 2 is 1.87 bits per heavy atom. The van der Waals surface area contributed by atoms with Crippen molar-refractivity contribution in [2.75, 3.05) is 20.6 Å². The van der Waals surface area contributed by atoms with E-state index < -0.39 is 0 Å². The van der Waals surface area contributed by atoms with Gasteiger partial charge in [0.1, 0.15) is 5.69 Å². The molecule has 0 amide bonds. The number of unbranched alkanes of at least 4 members (excludes halogenated alkanes) is 1. The fraction of sp³-hybridized carbons (Fsp3) is 0.320. The molecule has 2 aromatic heterocycles. The van der Waals surface area contributed by atoms with E-state index in [1.54, 1.807) is 6.20 Å². The molecule has 4 aromatic rings. The van der Waals surface area contributed by atoms with Gasteiger partial charge in [-0.15, -0.1) is 0 Å². The Balaban J connectivity index is 1.36. The summed E-state index contributed by atoms with van der Waals surface area (Å²) >= 11 is 0. The Morgan fingerprint density at radius 3 is 2.74 bits per heavy atom. The molecule has 0 radical (unpaired) electrons. The summed E-state index contributed by atoms with van der Waals surface area (Å²) in [7, 11) is 4.23. The van der Waals surface area contributed by atoms with Gasteiger partial charge in [-0.2, -0.15) is 10.2 Å². The highest BCUT2D eigenvalue weighted by molar-refractivity contribution is 6.06. The maximum Gasteiger partial charge on any atom is 0.188 e. The van der Waals surface area contributed by atoms with Crippen molar-refractivity contribution < 1.29 is 4.79 Å². The zero-order valence-electron chi connectivity index (χ0n) is 18.2. The number of aryl methyl sites for hydroxylation is 1. The predicted octanol–water partition coefficient (Wildman–Crippen LogP) is 4.12. The van der Waals surface area contributed by atoms with Crippen molar-refractivity contribution in [1.29, 1.82) is 0 Å². The quantitative estimate of drug-likeness (QED) is 0.313. The molecule has 31 heavy (non-hydrogen) atoms. The van der Waals surface area contributed by atoms with E-state index in [2.05, 4.69) is 58.6 Å². The summed E-state index contributed by atoms with van der Waals surface area (Å²) in [6.07, 6.45) is 7.52. The van der Waals surface area contributed by atoms with Gasteiger partial charge in [0, 0.05) is 18.0 Å². The number of hydrogen-bond donors (Lipinski definition) is 1. The molecule has 6 nitrogen and oxygen atoms in total. The maximum absolute atomic E-state index is 12.7. The first-order chi connectivity index (χ1) is 15.1. The van der Waals surface area contributed by atoms with Crippen molar-refractivity contribution >= 4 is 16.7 Å². The van der Waals surface area contributed by atoms with Crippen LogP contribution in [0.5, 0.6) is 0 Å². The molecule has 160 valence electrons. The van der Waals surface area contributed by atoms with Gasteiger partial charge in [-0.25, -0.2) is 0 Å². The van der Waals surface area contributed by atoms with E-state index in [1.165, 1.54) is 24.0 Å². The van der Waals surface area contributed by atoms with Crippen LogP contribution in [0.3, 0.4) is 0 Å². The number of carbonyl (C=O) groups is 1. The first kappa shape index (κ1) is 21.0. The number of H-pyrrole nitrogens is 1. The monoisotopic (exact) mass is 415 g/mol. The lowest BCUT2D eigenvalue weighted by Gasteiger charge is -2.09. The largest absolute Gasteiger partial charge is 0.309 e. The van der Waals surface area contributed by atoms with Gasteiger partial charge in [-0.1, -0.05) is 42.5 Å². The van der Waals surface area contributed by atoms with E-state index in [9.17, 15) is 4.79 Å². The molecule has 2 aromatic carbocycles. The molecular formula is C25H29N5O. The number of benzene rings is 2. The van der Waals surface area contributed by atoms with Crippen molar-refractivity contribution in [2.24, 2.45) is 0 Å². The molecule has 0 aliphatic carbocycles. The molecule has 2 heterocycles. The number of para-hydroxylation sites is 1. The third kappa shape index (κ3) is 5.47. The van der Waals surface area contributed by atoms with E-state index in [4.69, 9.17) is 0 Å². The average Bonchev–Trinajstić information content (AvgIpc) is 3.38. The van der Waals surface area contributed by atoms with E-state index in [0.717, 1.165) is 29.4 Å². The summed E-state index contributed by atoms with van der Waals surface area (Å²) < 4.78 is 1.90. The second-order valence-corrected chi connectivity index (χ2v) is 8.34. The third-order valence-corrected chi connectivity index (χ3v) is 5.44. The molecule has 0 atom stereocenters. The highest BCUT2D eigenvalue weighted by atomic mass is 16.1. The SMILES string of the molecule is CN(C)CCCCc1cccc(Cn2cc(CC(=O)c3n[nH]c4ccccc34)cn2)c1. The van der Waals surface area contributed by atoms with Crippen LogP contribution in [0, 0.1) is 0 Å². The van der Waals surface area contributed by atoms with Crippen LogP contribution >= 0.6 is 0 Å². The molecule has 0 saturated heterocycles. The highest BCUT2D eigenvalue weighted by Gasteiger charge is 2.15. The molecule has 4 rings (SSSR count). The number of fused-ring (bicyclic) bond motifs is 1. The average molecular weight is 416 g/mol. The van der Waals surface area contributed by atoms with E-state index in [-0.39, 0.29) is 5.78 Å². The minimum atomic E-state index is -0.00304. The maximum atomic E-state index is 12.7. The van der Waals surface area contributed by atoms with Gasteiger partial charge < -0.3 is 4.90 Å². The number of nitrogens with one attached hydrogen (secondary N) is 1. The topological polar surface area (TPSA) is 66.8 Å². The molecule has 1 N–H and O–H groups in total. The molecule has 0 aliphatic rings. The standard InChI is InChI=1S/C25H29N5O/c1-29(2)13-6-5-8-19-9-7-10-20(14-19)17-30-18-21(16-26-30)15-24(31)25-22-11-3-4-12-23(22)27-28-25/h3-4,7,9-12,14,16,18H,5-6,8,13,15,17H2,1-2H3,(H,27,28). The number of nitrogens with zero attached hydrogens (tertiary/aromatic N) is 4. The zero-order valence-corrected chi connectivity index (χ0v) is 18.2. The fourth-order valence-corrected chi connectivity index (χ4v) is 3.86. The van der Waals surface area contributed by atoms with Gasteiger partial charge in [0.2, 0.25) is 0 Å². The van der Waals surface area contributed by atoms with E-state index >= 15 is 0 Å². The molecule has 0 saturated carbocycles. The second-order valence-electron chi connectivity index (χ2n) is 8.34. The van der Waals surface area contributed by atoms with Crippen LogP contribution in [0.15, 0.2) is 60.9 Å². The van der Waals surface area contributed by atoms with Crippen LogP contribution in [0.4, 0.5) is 0 Å². The van der Waals surface area contributed by atoms with Crippen LogP contribution in [0.1, 0.15) is 40.0 Å². The van der Waals surface area contributed by atoms with Gasteiger partial charge in [0.25, 0.3) is 0 Å². The van der Waals surface area contributed by atoms with E-state index in [1.807, 2.05) is 35.1 Å². The molecule has 0 bridgehead atoms. The first-order valence-electron chi connectivity index (χ1n) is 10.8. The highest BCUT2D eigenvalue weighted by Crippen LogP contribution is 2.17. The van der Waals surface area contributed by atoms with Crippen molar-refractivity contribution in [3.8, 4) is 0 Å². The van der Waals surface area contributed by atoms with Gasteiger partial charge in [-0.3, -0.25) is 14.6 Å². The van der Waals surface area contributed by atoms with Crippen molar-refractivity contribution in [1.82, 2.24) is 24.9 Å². The Labute approximate surface area is 182 Å². The van der Waals surface area contributed by atoms with Gasteiger partial charge in [0.05, 0.1) is 18.3 Å². The lowest BCUT2D eigenvalue weighted by Crippen LogP contribution is -2.12. The van der Waals surface area contributed by atoms with Gasteiger partial charge in [-0.05, 0) is 62.7 Å². The number of aromatic nitrogens is 4. The Bertz CT molecular complexity index is 1160. The van der Waals surface area contributed by atoms with E-state index in [0.29, 0.717) is 18.7 Å². The number of hydrogen-bond acceptors (Lipinski definition) is 4. The lowest BCUT2D eigenvalue weighted by molar-refractivity contribution is 0.0989. The van der Waals surface area contributed by atoms with Gasteiger partial charge >= 0.3 is 0 Å². The van der Waals surface area contributed by atoms with Crippen LogP contribution in [0.25, 0.3) is 10.9 Å². The minimum absolute atomic E-state index is 0.00304. The Kier molecular flexibility index (Phi) is 6.57. The summed E-state index contributed by atoms with van der Waals surface area (Å²) in [4.78, 5) is 15.0. The normalized spacial score (nSPS) is 11.5. The summed E-state index contributed by atoms with van der Waals surface area (Å²) in [5, 5.41) is 12.5. The number of aromatic amines is 1. The Hall–Kier alpha value is -3.25. The van der Waals surface area contributed by atoms with Crippen LogP contribution in [0.2, 0.25) is 0 Å². The molecule has 0 spiro atoms. The lowest BCUT2D eigenvalue weighted by atomic mass is 10.1. The fourth-order valence-electron chi connectivity index (χ4n) is 3.86. The summed E-state index contributed by atoms with van der Waals surface area (Å²) in [6.45, 7) is 1.83. The molecule has 6 heteroatoms. The predicted molar refractivity (Wildman–Crippen MR) is 123 cm³/mol. The van der Waals surface area contributed by atoms with Crippen LogP contribution in [-0.4, -0.2) is 51.3 Å². The minimum Gasteiger partial charge on any atom is -0.309 e. The number of ketones is 1. The molecule has 0 unspecified atom stereocenters. The van der Waals surface area contributed by atoms with Crippen molar-refractivity contribution in [3.05, 3.63) is 83.3 Å². The number of Topliss-reactive ketones (excluding diaryl/α,β-unsaturated/α-hetero) is 1. The molecular weight excluding hydrogens is 386 g/mol. The second kappa shape index (κ2) is 9.71. The number of rotatable bonds is 10. The summed E-state index contributed by atoms with van der Waals surface area (Å²) in [6, 6.07) is 16.4. The third-order valence-electron chi connectivity index (χ3n) is 5.44. The first-order valence-corrected chi connectivity index (χ1v) is 10.8. The Morgan fingerprint density at radius 1 is 1.03 bits per heavy atom. The van der Waals surface area contributed by atoms with Crippen LogP contribution in [-0.2, 0) is 19.4 Å². The van der Waals surface area contributed by atoms with Crippen LogP contribution < -0.4 is 0 Å². The zero-order chi connectivity index (χ0) is 21.6. The van der Waals surface area contributed by atoms with Gasteiger partial charge in [0.15, 0.2) is 5.78 Å². The molecule has 0 fully saturated rings. The smallest absolute Gasteiger partial charge is 0.188 e. The number of carbonyl (C=O) groups excluding carboxylic acids is 1.